The van der Waals surface area contributed by atoms with Crippen LogP contribution in [-0.2, 0) is 0 Å². The molecule has 244 valence electrons. The number of aryl methyl sites for hydroxylation is 4. The van der Waals surface area contributed by atoms with Crippen LogP contribution in [0.2, 0.25) is 0 Å². The standard InChI is InChI=1S/C45H33N5O/c1-26-7-5-8-27(2)40(26)35-15-16-36(41-28(3)9-6-10-29(41)4)43-42(35)34-14-12-31(24-38(34)45-48-20-22-50(43)45)51-30-11-13-32-33-17-18-46-25-39(33)49-21-19-47-44(49)37(32)23-30/h5-25H,1-4H3. The predicted octanol–water partition coefficient (Wildman–Crippen LogP) is 11.3. The molecule has 0 aliphatic heterocycles. The van der Waals surface area contributed by atoms with Gasteiger partial charge in [0.15, 0.2) is 0 Å². The van der Waals surface area contributed by atoms with Crippen LogP contribution in [0.1, 0.15) is 22.3 Å². The van der Waals surface area contributed by atoms with Crippen LogP contribution in [-0.4, -0.2) is 23.8 Å². The maximum Gasteiger partial charge on any atom is 0.145 e. The number of imidazole rings is 2. The fourth-order valence-corrected chi connectivity index (χ4v) is 8.32. The molecule has 5 heterocycles. The van der Waals surface area contributed by atoms with Crippen LogP contribution in [0.4, 0.5) is 0 Å². The smallest absolute Gasteiger partial charge is 0.145 e. The number of aromatic nitrogens is 5. The summed E-state index contributed by atoms with van der Waals surface area (Å²) in [7, 11) is 0. The van der Waals surface area contributed by atoms with Gasteiger partial charge in [0.25, 0.3) is 0 Å². The first kappa shape index (κ1) is 29.4. The Hall–Kier alpha value is -6.53. The molecule has 0 saturated heterocycles. The molecule has 0 radical (unpaired) electrons. The van der Waals surface area contributed by atoms with Gasteiger partial charge >= 0.3 is 0 Å². The van der Waals surface area contributed by atoms with Crippen LogP contribution in [0.3, 0.4) is 0 Å². The van der Waals surface area contributed by atoms with Crippen molar-refractivity contribution in [3.63, 3.8) is 0 Å². The van der Waals surface area contributed by atoms with Gasteiger partial charge in [0.2, 0.25) is 0 Å². The van der Waals surface area contributed by atoms with Gasteiger partial charge in [-0.2, -0.15) is 0 Å². The largest absolute Gasteiger partial charge is 0.457 e. The third-order valence-corrected chi connectivity index (χ3v) is 10.5. The quantitative estimate of drug-likeness (QED) is 0.176. The van der Waals surface area contributed by atoms with Crippen LogP contribution in [0.5, 0.6) is 11.5 Å². The van der Waals surface area contributed by atoms with Crippen LogP contribution < -0.4 is 4.74 Å². The number of fused-ring (bicyclic) bond motifs is 12. The van der Waals surface area contributed by atoms with E-state index in [1.807, 2.05) is 37.1 Å². The van der Waals surface area contributed by atoms with Crippen molar-refractivity contribution in [1.29, 1.82) is 0 Å². The highest BCUT2D eigenvalue weighted by atomic mass is 16.5. The molecule has 0 bridgehead atoms. The minimum Gasteiger partial charge on any atom is -0.457 e. The van der Waals surface area contributed by atoms with Crippen molar-refractivity contribution in [2.75, 3.05) is 0 Å². The van der Waals surface area contributed by atoms with Gasteiger partial charge in [0, 0.05) is 58.1 Å². The van der Waals surface area contributed by atoms with Gasteiger partial charge in [0.1, 0.15) is 22.8 Å². The first-order valence-electron chi connectivity index (χ1n) is 17.3. The number of pyridine rings is 3. The van der Waals surface area contributed by atoms with E-state index in [-0.39, 0.29) is 0 Å². The van der Waals surface area contributed by atoms with Gasteiger partial charge in [-0.15, -0.1) is 0 Å². The number of hydrogen-bond acceptors (Lipinski definition) is 4. The molecule has 0 atom stereocenters. The molecule has 0 N–H and O–H groups in total. The molecular formula is C45H33N5O. The molecule has 5 aromatic carbocycles. The Kier molecular flexibility index (Phi) is 6.33. The van der Waals surface area contributed by atoms with Gasteiger partial charge in [0.05, 0.1) is 17.2 Å². The second kappa shape index (κ2) is 11.0. The molecule has 51 heavy (non-hydrogen) atoms. The second-order valence-corrected chi connectivity index (χ2v) is 13.6. The molecule has 0 aliphatic carbocycles. The molecule has 0 spiro atoms. The zero-order chi connectivity index (χ0) is 34.4. The van der Waals surface area contributed by atoms with Crippen molar-refractivity contribution < 1.29 is 4.74 Å². The Labute approximate surface area is 294 Å². The van der Waals surface area contributed by atoms with Gasteiger partial charge in [-0.25, -0.2) is 9.97 Å². The summed E-state index contributed by atoms with van der Waals surface area (Å²) in [5.74, 6) is 1.49. The third-order valence-electron chi connectivity index (χ3n) is 10.5. The van der Waals surface area contributed by atoms with E-state index in [0.717, 1.165) is 60.8 Å². The molecule has 0 fully saturated rings. The summed E-state index contributed by atoms with van der Waals surface area (Å²) in [5, 5.41) is 6.63. The fourth-order valence-electron chi connectivity index (χ4n) is 8.32. The minimum atomic E-state index is 0.744. The molecule has 6 nitrogen and oxygen atoms in total. The molecule has 0 aliphatic rings. The Morgan fingerprint density at radius 1 is 0.510 bits per heavy atom. The number of rotatable bonds is 4. The first-order valence-corrected chi connectivity index (χ1v) is 17.3. The zero-order valence-corrected chi connectivity index (χ0v) is 28.8. The Balaban J connectivity index is 1.22. The van der Waals surface area contributed by atoms with E-state index in [1.54, 1.807) is 0 Å². The molecular weight excluding hydrogens is 627 g/mol. The SMILES string of the molecule is Cc1cccc(C)c1-c1ccc(-c2c(C)cccc2C)c2c1c1ccc(Oc3ccc4c5ccncc5n5ccnc5c4c3)cc1c1nccn12. The van der Waals surface area contributed by atoms with Crippen LogP contribution in [0.25, 0.3) is 76.9 Å². The van der Waals surface area contributed by atoms with Gasteiger partial charge in [-0.1, -0.05) is 48.5 Å². The van der Waals surface area contributed by atoms with E-state index in [9.17, 15) is 0 Å². The molecule has 0 amide bonds. The third kappa shape index (κ3) is 4.33. The lowest BCUT2D eigenvalue weighted by Crippen LogP contribution is -1.99. The lowest BCUT2D eigenvalue weighted by atomic mass is 9.86. The van der Waals surface area contributed by atoms with Crippen molar-refractivity contribution in [1.82, 2.24) is 23.8 Å². The minimum absolute atomic E-state index is 0.744. The van der Waals surface area contributed by atoms with Crippen LogP contribution in [0.15, 0.2) is 128 Å². The highest BCUT2D eigenvalue weighted by Crippen LogP contribution is 2.45. The summed E-state index contributed by atoms with van der Waals surface area (Å²) in [5.41, 5.74) is 13.9. The molecule has 5 aromatic heterocycles. The van der Waals surface area contributed by atoms with Crippen molar-refractivity contribution in [2.24, 2.45) is 0 Å². The van der Waals surface area contributed by atoms with Crippen LogP contribution >= 0.6 is 0 Å². The maximum atomic E-state index is 6.66. The zero-order valence-electron chi connectivity index (χ0n) is 28.8. The van der Waals surface area contributed by atoms with E-state index >= 15 is 0 Å². The number of benzene rings is 5. The Morgan fingerprint density at radius 2 is 1.08 bits per heavy atom. The predicted molar refractivity (Wildman–Crippen MR) is 208 cm³/mol. The average molecular weight is 660 g/mol. The summed E-state index contributed by atoms with van der Waals surface area (Å²) < 4.78 is 11.0. The summed E-state index contributed by atoms with van der Waals surface area (Å²) in [6, 6.07) is 32.4. The second-order valence-electron chi connectivity index (χ2n) is 13.6. The number of hydrogen-bond donors (Lipinski definition) is 0. The summed E-state index contributed by atoms with van der Waals surface area (Å²) in [4.78, 5) is 14.0. The Morgan fingerprint density at radius 3 is 1.76 bits per heavy atom. The lowest BCUT2D eigenvalue weighted by Gasteiger charge is -2.21. The summed E-state index contributed by atoms with van der Waals surface area (Å²) >= 11 is 0. The number of nitrogens with zero attached hydrogens (tertiary/aromatic N) is 5. The summed E-state index contributed by atoms with van der Waals surface area (Å²) in [6.07, 6.45) is 11.5. The number of ether oxygens (including phenoxy) is 1. The Bertz CT molecular complexity index is 3020. The summed E-state index contributed by atoms with van der Waals surface area (Å²) in [6.45, 7) is 8.82. The van der Waals surface area contributed by atoms with E-state index in [1.165, 1.54) is 49.9 Å². The lowest BCUT2D eigenvalue weighted by molar-refractivity contribution is 0.484. The highest BCUT2D eigenvalue weighted by Gasteiger charge is 2.21. The van der Waals surface area contributed by atoms with E-state index in [4.69, 9.17) is 14.7 Å². The maximum absolute atomic E-state index is 6.66. The highest BCUT2D eigenvalue weighted by molar-refractivity contribution is 6.21. The van der Waals surface area contributed by atoms with E-state index in [0.29, 0.717) is 0 Å². The van der Waals surface area contributed by atoms with Gasteiger partial charge in [-0.3, -0.25) is 13.8 Å². The topological polar surface area (TPSA) is 56.7 Å². The normalized spacial score (nSPS) is 11.9. The molecule has 0 saturated carbocycles. The van der Waals surface area contributed by atoms with Gasteiger partial charge < -0.3 is 4.74 Å². The van der Waals surface area contributed by atoms with Crippen molar-refractivity contribution >= 4 is 54.6 Å². The fraction of sp³-hybridized carbons (Fsp3) is 0.0889. The van der Waals surface area contributed by atoms with Crippen LogP contribution in [0, 0.1) is 27.7 Å². The van der Waals surface area contributed by atoms with E-state index < -0.39 is 0 Å². The molecule has 10 aromatic rings. The molecule has 0 unspecified atom stereocenters. The molecule has 6 heteroatoms. The van der Waals surface area contributed by atoms with Crippen molar-refractivity contribution in [2.45, 2.75) is 27.7 Å². The first-order chi connectivity index (χ1) is 25.0. The van der Waals surface area contributed by atoms with E-state index in [2.05, 4.69) is 133 Å². The monoisotopic (exact) mass is 659 g/mol. The van der Waals surface area contributed by atoms with Gasteiger partial charge in [-0.05, 0) is 120 Å². The molecule has 10 rings (SSSR count). The van der Waals surface area contributed by atoms with Crippen molar-refractivity contribution in [3.05, 3.63) is 150 Å². The van der Waals surface area contributed by atoms with Crippen molar-refractivity contribution in [3.8, 4) is 33.8 Å². The average Bonchev–Trinajstić information content (AvgIpc) is 3.84.